The Morgan fingerprint density at radius 1 is 1.78 bits per heavy atom. The van der Waals surface area contributed by atoms with Crippen LogP contribution in [0.1, 0.15) is 11.5 Å². The lowest BCUT2D eigenvalue weighted by Gasteiger charge is -1.87. The normalized spacial score (nSPS) is 10.0. The van der Waals surface area contributed by atoms with E-state index >= 15 is 0 Å². The van der Waals surface area contributed by atoms with Crippen LogP contribution in [0, 0.1) is 6.92 Å². The minimum atomic E-state index is 0.999. The highest BCUT2D eigenvalue weighted by atomic mass is 32.2. The molecule has 1 aromatic rings. The van der Waals surface area contributed by atoms with E-state index in [1.54, 1.807) is 11.8 Å². The average Bonchev–Trinajstić information content (AvgIpc) is 2.17. The Kier molecular flexibility index (Phi) is 2.16. The third kappa shape index (κ3) is 1.75. The van der Waals surface area contributed by atoms with Gasteiger partial charge in [0.05, 0.1) is 0 Å². The first-order valence-electron chi connectivity index (χ1n) is 2.82. The number of rotatable bonds is 2. The molecular weight excluding hydrogens is 132 g/mol. The van der Waals surface area contributed by atoms with Gasteiger partial charge in [0.15, 0.2) is 0 Å². The number of thioether (sulfide) groups is 1. The van der Waals surface area contributed by atoms with Gasteiger partial charge in [0, 0.05) is 17.6 Å². The van der Waals surface area contributed by atoms with Crippen LogP contribution in [-0.2, 0) is 5.75 Å². The van der Waals surface area contributed by atoms with Gasteiger partial charge in [-0.3, -0.25) is 0 Å². The second kappa shape index (κ2) is 2.92. The topological polar surface area (TPSA) is 28.7 Å². The molecule has 1 rings (SSSR count). The Labute approximate surface area is 59.1 Å². The summed E-state index contributed by atoms with van der Waals surface area (Å²) in [5.74, 6) is 2.03. The van der Waals surface area contributed by atoms with E-state index < -0.39 is 0 Å². The molecule has 1 aromatic heterocycles. The quantitative estimate of drug-likeness (QED) is 0.679. The van der Waals surface area contributed by atoms with Crippen molar-refractivity contribution in [2.45, 2.75) is 12.7 Å². The Balaban J connectivity index is 2.61. The highest BCUT2D eigenvalue weighted by Gasteiger charge is 1.92. The van der Waals surface area contributed by atoms with Crippen LogP contribution in [0.25, 0.3) is 0 Å². The molecule has 1 heterocycles. The molecular formula is C6H10N2S. The van der Waals surface area contributed by atoms with Gasteiger partial charge in [-0.05, 0) is 13.2 Å². The van der Waals surface area contributed by atoms with E-state index in [1.807, 2.05) is 13.1 Å². The number of aromatic nitrogens is 2. The molecule has 0 saturated carbocycles. The summed E-state index contributed by atoms with van der Waals surface area (Å²) >= 11 is 1.80. The lowest BCUT2D eigenvalue weighted by atomic mass is 10.6. The first kappa shape index (κ1) is 6.68. The van der Waals surface area contributed by atoms with Crippen LogP contribution >= 0.6 is 11.8 Å². The fourth-order valence-electron chi connectivity index (χ4n) is 0.701. The number of aromatic amines is 1. The lowest BCUT2D eigenvalue weighted by molar-refractivity contribution is 1.12. The summed E-state index contributed by atoms with van der Waals surface area (Å²) in [6.45, 7) is 1.96. The van der Waals surface area contributed by atoms with Crippen LogP contribution in [0.5, 0.6) is 0 Å². The standard InChI is InChI=1S/C6H10N2S/c1-5-7-3-6(8-5)4-9-2/h3H,4H2,1-2H3,(H,7,8). The second-order valence-corrected chi connectivity index (χ2v) is 2.79. The molecule has 9 heavy (non-hydrogen) atoms. The van der Waals surface area contributed by atoms with Gasteiger partial charge in [0.25, 0.3) is 0 Å². The molecule has 1 N–H and O–H groups in total. The van der Waals surface area contributed by atoms with Gasteiger partial charge in [-0.15, -0.1) is 0 Å². The zero-order valence-electron chi connectivity index (χ0n) is 5.64. The minimum Gasteiger partial charge on any atom is -0.345 e. The number of nitrogens with zero attached hydrogens (tertiary/aromatic N) is 1. The van der Waals surface area contributed by atoms with Crippen LogP contribution in [-0.4, -0.2) is 16.2 Å². The van der Waals surface area contributed by atoms with Gasteiger partial charge < -0.3 is 4.98 Å². The highest BCUT2D eigenvalue weighted by molar-refractivity contribution is 7.97. The van der Waals surface area contributed by atoms with Crippen LogP contribution < -0.4 is 0 Å². The van der Waals surface area contributed by atoms with Crippen molar-refractivity contribution in [3.05, 3.63) is 17.7 Å². The molecule has 2 nitrogen and oxygen atoms in total. The molecule has 0 bridgehead atoms. The first-order chi connectivity index (χ1) is 4.33. The monoisotopic (exact) mass is 142 g/mol. The molecule has 0 amide bonds. The van der Waals surface area contributed by atoms with Crippen LogP contribution in [0.15, 0.2) is 6.20 Å². The number of aryl methyl sites for hydroxylation is 1. The SMILES string of the molecule is CSCc1cnc(C)[nH]1. The van der Waals surface area contributed by atoms with Gasteiger partial charge in [0.1, 0.15) is 5.82 Å². The number of hydrogen-bond donors (Lipinski definition) is 1. The lowest BCUT2D eigenvalue weighted by Crippen LogP contribution is -1.77. The predicted octanol–water partition coefficient (Wildman–Crippen LogP) is 1.58. The van der Waals surface area contributed by atoms with E-state index in [4.69, 9.17) is 0 Å². The number of nitrogens with one attached hydrogen (secondary N) is 1. The molecule has 0 saturated heterocycles. The number of hydrogen-bond acceptors (Lipinski definition) is 2. The summed E-state index contributed by atoms with van der Waals surface area (Å²) in [5, 5.41) is 0. The van der Waals surface area contributed by atoms with E-state index in [1.165, 1.54) is 5.69 Å². The molecule has 0 spiro atoms. The summed E-state index contributed by atoms with van der Waals surface area (Å²) in [7, 11) is 0. The summed E-state index contributed by atoms with van der Waals surface area (Å²) in [4.78, 5) is 7.21. The van der Waals surface area contributed by atoms with E-state index in [2.05, 4.69) is 16.2 Å². The van der Waals surface area contributed by atoms with Crippen molar-refractivity contribution in [1.82, 2.24) is 9.97 Å². The van der Waals surface area contributed by atoms with Crippen molar-refractivity contribution in [3.63, 3.8) is 0 Å². The van der Waals surface area contributed by atoms with E-state index in [0.717, 1.165) is 11.6 Å². The Morgan fingerprint density at radius 2 is 2.56 bits per heavy atom. The second-order valence-electron chi connectivity index (χ2n) is 1.93. The van der Waals surface area contributed by atoms with Gasteiger partial charge in [-0.1, -0.05) is 0 Å². The Hall–Kier alpha value is -0.440. The van der Waals surface area contributed by atoms with Crippen LogP contribution in [0.3, 0.4) is 0 Å². The smallest absolute Gasteiger partial charge is 0.103 e. The molecule has 0 atom stereocenters. The third-order valence-corrected chi connectivity index (χ3v) is 1.66. The van der Waals surface area contributed by atoms with Crippen molar-refractivity contribution in [2.24, 2.45) is 0 Å². The zero-order valence-corrected chi connectivity index (χ0v) is 6.46. The largest absolute Gasteiger partial charge is 0.345 e. The fraction of sp³-hybridized carbons (Fsp3) is 0.500. The summed E-state index contributed by atoms with van der Waals surface area (Å²) in [6, 6.07) is 0. The first-order valence-corrected chi connectivity index (χ1v) is 4.21. The molecule has 0 unspecified atom stereocenters. The molecule has 0 fully saturated rings. The van der Waals surface area contributed by atoms with Crippen LogP contribution in [0.4, 0.5) is 0 Å². The van der Waals surface area contributed by atoms with Gasteiger partial charge >= 0.3 is 0 Å². The molecule has 0 aromatic carbocycles. The van der Waals surface area contributed by atoms with Crippen molar-refractivity contribution in [1.29, 1.82) is 0 Å². The molecule has 3 heteroatoms. The number of imidazole rings is 1. The van der Waals surface area contributed by atoms with Crippen molar-refractivity contribution in [2.75, 3.05) is 6.26 Å². The third-order valence-electron chi connectivity index (χ3n) is 1.06. The van der Waals surface area contributed by atoms with E-state index in [0.29, 0.717) is 0 Å². The summed E-state index contributed by atoms with van der Waals surface area (Å²) in [6.07, 6.45) is 3.96. The molecule has 50 valence electrons. The van der Waals surface area contributed by atoms with E-state index in [9.17, 15) is 0 Å². The van der Waals surface area contributed by atoms with Crippen LogP contribution in [0.2, 0.25) is 0 Å². The van der Waals surface area contributed by atoms with Crippen molar-refractivity contribution in [3.8, 4) is 0 Å². The zero-order chi connectivity index (χ0) is 6.69. The van der Waals surface area contributed by atoms with Crippen molar-refractivity contribution < 1.29 is 0 Å². The van der Waals surface area contributed by atoms with E-state index in [-0.39, 0.29) is 0 Å². The number of H-pyrrole nitrogens is 1. The molecule has 0 radical (unpaired) electrons. The molecule has 0 aliphatic carbocycles. The fourth-order valence-corrected chi connectivity index (χ4v) is 1.16. The van der Waals surface area contributed by atoms with Crippen molar-refractivity contribution >= 4 is 11.8 Å². The predicted molar refractivity (Wildman–Crippen MR) is 40.5 cm³/mol. The highest BCUT2D eigenvalue weighted by Crippen LogP contribution is 2.04. The maximum absolute atomic E-state index is 4.07. The maximum atomic E-state index is 4.07. The Morgan fingerprint density at radius 3 is 3.00 bits per heavy atom. The Bertz CT molecular complexity index is 183. The van der Waals surface area contributed by atoms with Gasteiger partial charge in [0.2, 0.25) is 0 Å². The average molecular weight is 142 g/mol. The molecule has 0 aliphatic rings. The maximum Gasteiger partial charge on any atom is 0.103 e. The van der Waals surface area contributed by atoms with Gasteiger partial charge in [-0.25, -0.2) is 4.98 Å². The minimum absolute atomic E-state index is 0.999. The molecule has 0 aliphatic heterocycles. The summed E-state index contributed by atoms with van der Waals surface area (Å²) in [5.41, 5.74) is 1.21. The van der Waals surface area contributed by atoms with Gasteiger partial charge in [-0.2, -0.15) is 11.8 Å². The summed E-state index contributed by atoms with van der Waals surface area (Å²) < 4.78 is 0.